The number of rotatable bonds is 13. The molecule has 2 fully saturated rings. The summed E-state index contributed by atoms with van der Waals surface area (Å²) in [6, 6.07) is 3.91. The molecule has 2 aliphatic carbocycles. The molecule has 2 atom stereocenters. The van der Waals surface area contributed by atoms with E-state index in [9.17, 15) is 19.8 Å². The van der Waals surface area contributed by atoms with Crippen LogP contribution in [0.25, 0.3) is 0 Å². The van der Waals surface area contributed by atoms with Crippen molar-refractivity contribution in [2.75, 3.05) is 25.0 Å². The van der Waals surface area contributed by atoms with Gasteiger partial charge in [-0.3, -0.25) is 4.79 Å². The minimum Gasteiger partial charge on any atom is -0.480 e. The van der Waals surface area contributed by atoms with Gasteiger partial charge in [-0.25, -0.2) is 9.78 Å². The maximum Gasteiger partial charge on any atom is 0.326 e. The van der Waals surface area contributed by atoms with Crippen molar-refractivity contribution in [2.24, 2.45) is 5.92 Å². The van der Waals surface area contributed by atoms with Crippen molar-refractivity contribution in [3.63, 3.8) is 0 Å². The lowest BCUT2D eigenvalue weighted by atomic mass is 9.85. The summed E-state index contributed by atoms with van der Waals surface area (Å²) in [6.07, 6.45) is 11.7. The van der Waals surface area contributed by atoms with E-state index in [1.54, 1.807) is 0 Å². The zero-order valence-electron chi connectivity index (χ0n) is 20.9. The summed E-state index contributed by atoms with van der Waals surface area (Å²) in [5.41, 5.74) is 2.44. The number of hydrogen-bond donors (Lipinski definition) is 4. The number of nitrogens with one attached hydrogen (secondary N) is 2. The molecule has 0 saturated heterocycles. The third-order valence-corrected chi connectivity index (χ3v) is 7.83. The Bertz CT molecular complexity index is 854. The van der Waals surface area contributed by atoms with Gasteiger partial charge in [-0.15, -0.1) is 0 Å². The molecule has 1 amide bonds. The first-order chi connectivity index (χ1) is 17.0. The maximum absolute atomic E-state index is 12.5. The molecular weight excluding hydrogens is 444 g/mol. The van der Waals surface area contributed by atoms with Crippen molar-refractivity contribution in [3.05, 3.63) is 23.4 Å². The standard InChI is InChI=1S/C27H42N4O4/c32-24(19-7-2-1-3-8-19)26(33)30-23(27(34)35)15-18-31(22-13-14-22)17-5-4-10-21-12-11-20-9-6-16-28-25(20)29-21/h11-12,19,22-24,32H,1-10,13-18H2,(H,28,29)(H,30,33)(H,34,35). The molecule has 194 valence electrons. The number of aliphatic hydroxyl groups is 1. The van der Waals surface area contributed by atoms with Gasteiger partial charge in [0, 0.05) is 24.8 Å². The van der Waals surface area contributed by atoms with Crippen LogP contribution >= 0.6 is 0 Å². The van der Waals surface area contributed by atoms with Crippen LogP contribution in [0.3, 0.4) is 0 Å². The summed E-state index contributed by atoms with van der Waals surface area (Å²) in [4.78, 5) is 31.5. The number of aromatic nitrogens is 1. The number of carboxylic acid groups (broad SMARTS) is 1. The highest BCUT2D eigenvalue weighted by molar-refractivity contribution is 5.86. The number of anilines is 1. The second kappa shape index (κ2) is 12.7. The quantitative estimate of drug-likeness (QED) is 0.317. The number of amides is 1. The Morgan fingerprint density at radius 2 is 1.89 bits per heavy atom. The van der Waals surface area contributed by atoms with Crippen LogP contribution in [-0.2, 0) is 22.4 Å². The fraction of sp³-hybridized carbons (Fsp3) is 0.741. The van der Waals surface area contributed by atoms with E-state index in [0.29, 0.717) is 19.0 Å². The largest absolute Gasteiger partial charge is 0.480 e. The zero-order chi connectivity index (χ0) is 24.6. The zero-order valence-corrected chi connectivity index (χ0v) is 20.9. The van der Waals surface area contributed by atoms with Gasteiger partial charge in [0.1, 0.15) is 18.0 Å². The Morgan fingerprint density at radius 1 is 1.09 bits per heavy atom. The SMILES string of the molecule is O=C(O)C(CCN(CCCCc1ccc2c(n1)NCCC2)C1CC1)NC(=O)C(O)C1CCCCC1. The smallest absolute Gasteiger partial charge is 0.326 e. The molecule has 0 aromatic carbocycles. The van der Waals surface area contributed by atoms with Crippen LogP contribution < -0.4 is 10.6 Å². The third-order valence-electron chi connectivity index (χ3n) is 7.83. The second-order valence-corrected chi connectivity index (χ2v) is 10.6. The van der Waals surface area contributed by atoms with Crippen molar-refractivity contribution < 1.29 is 19.8 Å². The summed E-state index contributed by atoms with van der Waals surface area (Å²) in [7, 11) is 0. The molecule has 0 spiro atoms. The minimum atomic E-state index is -1.11. The first kappa shape index (κ1) is 25.9. The van der Waals surface area contributed by atoms with E-state index in [0.717, 1.165) is 95.2 Å². The molecule has 4 N–H and O–H groups in total. The molecule has 1 aliphatic heterocycles. The Kier molecular flexibility index (Phi) is 9.38. The van der Waals surface area contributed by atoms with Crippen molar-refractivity contribution in [1.29, 1.82) is 0 Å². The Balaban J connectivity index is 1.20. The van der Waals surface area contributed by atoms with Gasteiger partial charge >= 0.3 is 5.97 Å². The first-order valence-corrected chi connectivity index (χ1v) is 13.7. The summed E-state index contributed by atoms with van der Waals surface area (Å²) in [5.74, 6) is -0.573. The van der Waals surface area contributed by atoms with Gasteiger partial charge in [-0.1, -0.05) is 25.3 Å². The van der Waals surface area contributed by atoms with E-state index in [4.69, 9.17) is 4.98 Å². The van der Waals surface area contributed by atoms with Crippen LogP contribution in [0.4, 0.5) is 5.82 Å². The number of unbranched alkanes of at least 4 members (excludes halogenated alkanes) is 1. The Hall–Kier alpha value is -2.19. The van der Waals surface area contributed by atoms with Gasteiger partial charge in [-0.05, 0) is 88.3 Å². The molecule has 4 rings (SSSR count). The van der Waals surface area contributed by atoms with Crippen LogP contribution in [0.2, 0.25) is 0 Å². The molecule has 0 bridgehead atoms. The molecule has 8 nitrogen and oxygen atoms in total. The fourth-order valence-electron chi connectivity index (χ4n) is 5.52. The van der Waals surface area contributed by atoms with Crippen LogP contribution in [0.1, 0.15) is 81.9 Å². The topological polar surface area (TPSA) is 115 Å². The highest BCUT2D eigenvalue weighted by Gasteiger charge is 2.32. The molecule has 8 heteroatoms. The number of carboxylic acids is 1. The van der Waals surface area contributed by atoms with Crippen molar-refractivity contribution in [2.45, 2.75) is 102 Å². The Labute approximate surface area is 208 Å². The predicted molar refractivity (Wildman–Crippen MR) is 135 cm³/mol. The van der Waals surface area contributed by atoms with E-state index < -0.39 is 24.0 Å². The lowest BCUT2D eigenvalue weighted by molar-refractivity contribution is -0.144. The van der Waals surface area contributed by atoms with Gasteiger partial charge < -0.3 is 25.7 Å². The van der Waals surface area contributed by atoms with E-state index in [-0.39, 0.29) is 5.92 Å². The number of fused-ring (bicyclic) bond motifs is 1. The normalized spacial score (nSPS) is 20.1. The first-order valence-electron chi connectivity index (χ1n) is 13.7. The van der Waals surface area contributed by atoms with Crippen molar-refractivity contribution >= 4 is 17.7 Å². The number of aliphatic hydroxyl groups excluding tert-OH is 1. The molecule has 0 radical (unpaired) electrons. The predicted octanol–water partition coefficient (Wildman–Crippen LogP) is 3.13. The minimum absolute atomic E-state index is 0.0541. The van der Waals surface area contributed by atoms with Gasteiger partial charge in [0.25, 0.3) is 0 Å². The summed E-state index contributed by atoms with van der Waals surface area (Å²) >= 11 is 0. The molecular formula is C27H42N4O4. The maximum atomic E-state index is 12.5. The summed E-state index contributed by atoms with van der Waals surface area (Å²) in [5, 5.41) is 26.1. The summed E-state index contributed by atoms with van der Waals surface area (Å²) < 4.78 is 0. The number of aliphatic carboxylic acids is 1. The number of aryl methyl sites for hydroxylation is 2. The number of hydrogen-bond acceptors (Lipinski definition) is 6. The van der Waals surface area contributed by atoms with Crippen LogP contribution in [0, 0.1) is 5.92 Å². The van der Waals surface area contributed by atoms with E-state index in [2.05, 4.69) is 27.7 Å². The van der Waals surface area contributed by atoms with Crippen LogP contribution in [0.15, 0.2) is 12.1 Å². The summed E-state index contributed by atoms with van der Waals surface area (Å²) in [6.45, 7) is 2.57. The average Bonchev–Trinajstić information content (AvgIpc) is 3.72. The molecule has 2 heterocycles. The molecule has 1 aromatic heterocycles. The van der Waals surface area contributed by atoms with Crippen molar-refractivity contribution in [1.82, 2.24) is 15.2 Å². The lowest BCUT2D eigenvalue weighted by Gasteiger charge is -2.28. The van der Waals surface area contributed by atoms with Gasteiger partial charge in [0.15, 0.2) is 0 Å². The number of carbonyl (C=O) groups excluding carboxylic acids is 1. The number of pyridine rings is 1. The monoisotopic (exact) mass is 486 g/mol. The molecule has 3 aliphatic rings. The van der Waals surface area contributed by atoms with Crippen LogP contribution in [-0.4, -0.2) is 69.8 Å². The van der Waals surface area contributed by atoms with E-state index in [1.807, 2.05) is 0 Å². The van der Waals surface area contributed by atoms with E-state index >= 15 is 0 Å². The third kappa shape index (κ3) is 7.64. The highest BCUT2D eigenvalue weighted by atomic mass is 16.4. The fourth-order valence-corrected chi connectivity index (χ4v) is 5.52. The molecule has 2 saturated carbocycles. The molecule has 1 aromatic rings. The van der Waals surface area contributed by atoms with Gasteiger partial charge in [0.2, 0.25) is 5.91 Å². The molecule has 35 heavy (non-hydrogen) atoms. The number of nitrogens with zero attached hydrogens (tertiary/aromatic N) is 2. The van der Waals surface area contributed by atoms with Gasteiger partial charge in [-0.2, -0.15) is 0 Å². The lowest BCUT2D eigenvalue weighted by Crippen LogP contribution is -2.49. The molecule has 2 unspecified atom stereocenters. The average molecular weight is 487 g/mol. The second-order valence-electron chi connectivity index (χ2n) is 10.6. The van der Waals surface area contributed by atoms with E-state index in [1.165, 1.54) is 12.0 Å². The highest BCUT2D eigenvalue weighted by Crippen LogP contribution is 2.28. The van der Waals surface area contributed by atoms with Gasteiger partial charge in [0.05, 0.1) is 0 Å². The van der Waals surface area contributed by atoms with Crippen LogP contribution in [0.5, 0.6) is 0 Å². The number of carbonyl (C=O) groups is 2. The van der Waals surface area contributed by atoms with Crippen molar-refractivity contribution in [3.8, 4) is 0 Å². The Morgan fingerprint density at radius 3 is 2.63 bits per heavy atom.